The summed E-state index contributed by atoms with van der Waals surface area (Å²) in [6.45, 7) is 11.2. The van der Waals surface area contributed by atoms with Crippen LogP contribution in [0.3, 0.4) is 0 Å². The van der Waals surface area contributed by atoms with Crippen molar-refractivity contribution in [2.45, 2.75) is 71.8 Å². The zero-order valence-corrected chi connectivity index (χ0v) is 24.7. The Hall–Kier alpha value is -3.43. The molecule has 1 spiro atoms. The fourth-order valence-corrected chi connectivity index (χ4v) is 6.45. The number of nitrogens with zero attached hydrogens (tertiary/aromatic N) is 4. The minimum absolute atomic E-state index is 0. The van der Waals surface area contributed by atoms with E-state index in [1.807, 2.05) is 27.7 Å². The van der Waals surface area contributed by atoms with Gasteiger partial charge in [0.25, 0.3) is 5.91 Å². The summed E-state index contributed by atoms with van der Waals surface area (Å²) in [6.07, 6.45) is 5.31. The van der Waals surface area contributed by atoms with Crippen molar-refractivity contribution in [1.29, 1.82) is 0 Å². The maximum absolute atomic E-state index is 14.3. The summed E-state index contributed by atoms with van der Waals surface area (Å²) in [7, 11) is 0. The average molecular weight is 582 g/mol. The third kappa shape index (κ3) is 5.57. The van der Waals surface area contributed by atoms with Crippen LogP contribution in [-0.2, 0) is 13.1 Å². The number of hydrogen-bond donors (Lipinski definition) is 1. The van der Waals surface area contributed by atoms with Crippen LogP contribution in [-0.4, -0.2) is 52.1 Å². The molecule has 1 aromatic heterocycles. The van der Waals surface area contributed by atoms with E-state index in [9.17, 15) is 9.18 Å². The fraction of sp³-hybridized carbons (Fsp3) is 0.452. The van der Waals surface area contributed by atoms with Crippen LogP contribution in [0.1, 0.15) is 62.0 Å². The lowest BCUT2D eigenvalue weighted by atomic mass is 9.61. The lowest BCUT2D eigenvalue weighted by molar-refractivity contribution is -0.0348. The first-order chi connectivity index (χ1) is 19.2. The molecule has 2 aliphatic heterocycles. The zero-order chi connectivity index (χ0) is 28.0. The Kier molecular flexibility index (Phi) is 8.12. The summed E-state index contributed by atoms with van der Waals surface area (Å²) in [5.41, 5.74) is 2.99. The maximum Gasteiger partial charge on any atom is 0.258 e. The van der Waals surface area contributed by atoms with Crippen LogP contribution in [0.15, 0.2) is 48.9 Å². The molecule has 0 bridgehead atoms. The SMILES string of the molecule is CC(C)N(C(=O)c1cc(F)ccc1Oc1cncnc1N1CC2(CC(Oc3cccc4c3CNC4)C2)C1)C(C)C.Cl. The third-order valence-electron chi connectivity index (χ3n) is 8.21. The Labute approximate surface area is 246 Å². The average Bonchev–Trinajstić information content (AvgIpc) is 3.36. The van der Waals surface area contributed by atoms with Gasteiger partial charge in [-0.05, 0) is 70.4 Å². The summed E-state index contributed by atoms with van der Waals surface area (Å²) in [4.78, 5) is 26.0. The number of benzene rings is 2. The van der Waals surface area contributed by atoms with E-state index in [-0.39, 0.29) is 53.2 Å². The van der Waals surface area contributed by atoms with Crippen molar-refractivity contribution in [3.8, 4) is 17.2 Å². The molecule has 0 unspecified atom stereocenters. The van der Waals surface area contributed by atoms with Gasteiger partial charge in [-0.15, -0.1) is 12.4 Å². The molecule has 3 aromatic rings. The smallest absolute Gasteiger partial charge is 0.258 e. The van der Waals surface area contributed by atoms with Gasteiger partial charge in [0.1, 0.15) is 29.7 Å². The number of amides is 1. The number of carbonyl (C=O) groups is 1. The van der Waals surface area contributed by atoms with Crippen molar-refractivity contribution in [2.24, 2.45) is 5.41 Å². The first-order valence-corrected chi connectivity index (χ1v) is 14.1. The summed E-state index contributed by atoms with van der Waals surface area (Å²) >= 11 is 0. The Morgan fingerprint density at radius 1 is 1.07 bits per heavy atom. The van der Waals surface area contributed by atoms with E-state index in [2.05, 4.69) is 38.4 Å². The van der Waals surface area contributed by atoms with Crippen LogP contribution in [0.5, 0.6) is 17.2 Å². The van der Waals surface area contributed by atoms with Crippen LogP contribution in [0.25, 0.3) is 0 Å². The number of carbonyl (C=O) groups excluding carboxylic acids is 1. The molecule has 0 atom stereocenters. The molecule has 1 amide bonds. The number of halogens is 2. The molecular formula is C31H37ClFN5O3. The Balaban J connectivity index is 0.00000337. The number of fused-ring (bicyclic) bond motifs is 1. The molecule has 1 N–H and O–H groups in total. The van der Waals surface area contributed by atoms with E-state index in [1.54, 1.807) is 11.1 Å². The molecule has 3 heterocycles. The summed E-state index contributed by atoms with van der Waals surface area (Å²) < 4.78 is 26.9. The van der Waals surface area contributed by atoms with Gasteiger partial charge in [-0.3, -0.25) is 4.79 Å². The number of nitrogens with one attached hydrogen (secondary N) is 1. The second-order valence-corrected chi connectivity index (χ2v) is 11.9. The van der Waals surface area contributed by atoms with E-state index >= 15 is 0 Å². The first kappa shape index (κ1) is 29.1. The third-order valence-corrected chi connectivity index (χ3v) is 8.21. The summed E-state index contributed by atoms with van der Waals surface area (Å²) in [5, 5.41) is 3.40. The topological polar surface area (TPSA) is 79.8 Å². The molecule has 1 saturated heterocycles. The quantitative estimate of drug-likeness (QED) is 0.363. The second-order valence-electron chi connectivity index (χ2n) is 11.9. The van der Waals surface area contributed by atoms with Gasteiger partial charge in [0.15, 0.2) is 11.6 Å². The minimum atomic E-state index is -0.490. The molecule has 218 valence electrons. The van der Waals surface area contributed by atoms with Gasteiger partial charge in [-0.25, -0.2) is 14.4 Å². The van der Waals surface area contributed by atoms with Gasteiger partial charge in [-0.1, -0.05) is 12.1 Å². The van der Waals surface area contributed by atoms with Gasteiger partial charge >= 0.3 is 0 Å². The predicted molar refractivity (Wildman–Crippen MR) is 157 cm³/mol. The first-order valence-electron chi connectivity index (χ1n) is 14.1. The monoisotopic (exact) mass is 581 g/mol. The predicted octanol–water partition coefficient (Wildman–Crippen LogP) is 5.74. The Morgan fingerprint density at radius 2 is 1.83 bits per heavy atom. The summed E-state index contributed by atoms with van der Waals surface area (Å²) in [6, 6.07) is 10.2. The minimum Gasteiger partial charge on any atom is -0.490 e. The lowest BCUT2D eigenvalue weighted by Crippen LogP contribution is -2.65. The summed E-state index contributed by atoms with van der Waals surface area (Å²) in [5.74, 6) is 1.63. The van der Waals surface area contributed by atoms with E-state index in [0.29, 0.717) is 11.6 Å². The van der Waals surface area contributed by atoms with Crippen LogP contribution < -0.4 is 19.7 Å². The van der Waals surface area contributed by atoms with Crippen LogP contribution in [0.4, 0.5) is 10.2 Å². The number of aromatic nitrogens is 2. The zero-order valence-electron chi connectivity index (χ0n) is 23.9. The number of hydrogen-bond acceptors (Lipinski definition) is 7. The number of anilines is 1. The lowest BCUT2D eigenvalue weighted by Gasteiger charge is -2.59. The highest BCUT2D eigenvalue weighted by Gasteiger charge is 2.54. The van der Waals surface area contributed by atoms with Crippen LogP contribution >= 0.6 is 12.4 Å². The number of ether oxygens (including phenoxy) is 2. The Morgan fingerprint density at radius 3 is 2.56 bits per heavy atom. The Bertz CT molecular complexity index is 1410. The molecule has 8 nitrogen and oxygen atoms in total. The molecule has 1 aliphatic carbocycles. The van der Waals surface area contributed by atoms with Gasteiger partial charge in [-0.2, -0.15) is 0 Å². The van der Waals surface area contributed by atoms with E-state index in [1.165, 1.54) is 35.7 Å². The van der Waals surface area contributed by atoms with Crippen molar-refractivity contribution >= 4 is 24.1 Å². The van der Waals surface area contributed by atoms with Crippen LogP contribution in [0.2, 0.25) is 0 Å². The van der Waals surface area contributed by atoms with E-state index in [4.69, 9.17) is 9.47 Å². The number of rotatable bonds is 8. The maximum atomic E-state index is 14.3. The molecule has 2 aromatic carbocycles. The molecule has 6 rings (SSSR count). The van der Waals surface area contributed by atoms with Gasteiger partial charge in [0.2, 0.25) is 0 Å². The fourth-order valence-electron chi connectivity index (χ4n) is 6.45. The van der Waals surface area contributed by atoms with Crippen molar-refractivity contribution in [1.82, 2.24) is 20.2 Å². The highest BCUT2D eigenvalue weighted by molar-refractivity contribution is 5.97. The molecule has 10 heteroatoms. The van der Waals surface area contributed by atoms with Crippen molar-refractivity contribution in [2.75, 3.05) is 18.0 Å². The van der Waals surface area contributed by atoms with Crippen molar-refractivity contribution < 1.29 is 18.7 Å². The standard InChI is InChI=1S/C31H36FN5O3.ClH/c1-19(2)37(20(3)4)30(38)24-10-22(32)8-9-27(24)40-28-15-34-18-35-29(28)36-16-31(17-36)11-23(12-31)39-26-7-5-6-21-13-33-14-25(21)26;/h5-10,15,18-20,23,33H,11-14,16-17H2,1-4H3;1H. The molecule has 1 saturated carbocycles. The van der Waals surface area contributed by atoms with Gasteiger partial charge < -0.3 is 24.6 Å². The molecule has 2 fully saturated rings. The van der Waals surface area contributed by atoms with E-state index in [0.717, 1.165) is 44.8 Å². The van der Waals surface area contributed by atoms with E-state index < -0.39 is 5.82 Å². The molecular weight excluding hydrogens is 545 g/mol. The largest absolute Gasteiger partial charge is 0.490 e. The van der Waals surface area contributed by atoms with Crippen molar-refractivity contribution in [3.05, 3.63) is 71.4 Å². The highest BCUT2D eigenvalue weighted by Crippen LogP contribution is 2.52. The molecule has 0 radical (unpaired) electrons. The van der Waals surface area contributed by atoms with Crippen molar-refractivity contribution in [3.63, 3.8) is 0 Å². The molecule has 3 aliphatic rings. The normalized spacial score (nSPS) is 17.1. The van der Waals surface area contributed by atoms with Gasteiger partial charge in [0.05, 0.1) is 11.8 Å². The highest BCUT2D eigenvalue weighted by atomic mass is 35.5. The molecule has 41 heavy (non-hydrogen) atoms. The van der Waals surface area contributed by atoms with Gasteiger partial charge in [0, 0.05) is 49.2 Å². The van der Waals surface area contributed by atoms with Crippen LogP contribution in [0, 0.1) is 11.2 Å². The second kappa shape index (κ2) is 11.4.